The van der Waals surface area contributed by atoms with Crippen LogP contribution in [0.25, 0.3) is 0 Å². The third-order valence-electron chi connectivity index (χ3n) is 3.06. The van der Waals surface area contributed by atoms with Gasteiger partial charge in [0.15, 0.2) is 0 Å². The fourth-order valence-corrected chi connectivity index (χ4v) is 2.12. The molecule has 0 aliphatic heterocycles. The number of hydrogen-bond acceptors (Lipinski definition) is 1. The van der Waals surface area contributed by atoms with Crippen LogP contribution in [-0.4, -0.2) is 13.1 Å². The maximum atomic E-state index is 3.46. The van der Waals surface area contributed by atoms with Gasteiger partial charge in [0.2, 0.25) is 0 Å². The maximum Gasteiger partial charge on any atom is -0.00206 e. The van der Waals surface area contributed by atoms with Crippen molar-refractivity contribution >= 4 is 0 Å². The molecule has 0 saturated heterocycles. The van der Waals surface area contributed by atoms with Crippen LogP contribution in [0.2, 0.25) is 0 Å². The van der Waals surface area contributed by atoms with Crippen LogP contribution in [0, 0.1) is 11.8 Å². The zero-order valence-corrected chi connectivity index (χ0v) is 8.60. The lowest BCUT2D eigenvalue weighted by Crippen LogP contribution is -2.22. The summed E-state index contributed by atoms with van der Waals surface area (Å²) < 4.78 is 0. The molecule has 0 amide bonds. The lowest BCUT2D eigenvalue weighted by molar-refractivity contribution is 0.421. The van der Waals surface area contributed by atoms with Gasteiger partial charge in [0.25, 0.3) is 0 Å². The van der Waals surface area contributed by atoms with Gasteiger partial charge in [-0.3, -0.25) is 0 Å². The highest BCUT2D eigenvalue weighted by molar-refractivity contribution is 4.69. The average molecular weight is 169 g/mol. The first kappa shape index (κ1) is 10.0. The largest absolute Gasteiger partial charge is 0.317 e. The second-order valence-corrected chi connectivity index (χ2v) is 4.29. The van der Waals surface area contributed by atoms with Gasteiger partial charge in [-0.2, -0.15) is 0 Å². The molecule has 1 fully saturated rings. The second-order valence-electron chi connectivity index (χ2n) is 4.29. The zero-order valence-electron chi connectivity index (χ0n) is 8.60. The minimum atomic E-state index is 0.967. The molecule has 1 heteroatoms. The summed E-state index contributed by atoms with van der Waals surface area (Å²) >= 11 is 0. The summed E-state index contributed by atoms with van der Waals surface area (Å²) in [5.74, 6) is 1.95. The van der Waals surface area contributed by atoms with E-state index in [1.165, 1.54) is 38.6 Å². The van der Waals surface area contributed by atoms with E-state index in [1.54, 1.807) is 0 Å². The quantitative estimate of drug-likeness (QED) is 0.641. The van der Waals surface area contributed by atoms with Gasteiger partial charge in [-0.05, 0) is 37.8 Å². The van der Waals surface area contributed by atoms with Crippen molar-refractivity contribution in [2.24, 2.45) is 11.8 Å². The smallest absolute Gasteiger partial charge is 0.00206 e. The van der Waals surface area contributed by atoms with Gasteiger partial charge in [0.05, 0.1) is 0 Å². The Labute approximate surface area is 76.9 Å². The van der Waals surface area contributed by atoms with E-state index in [9.17, 15) is 0 Å². The Morgan fingerprint density at radius 1 is 1.17 bits per heavy atom. The monoisotopic (exact) mass is 169 g/mol. The van der Waals surface area contributed by atoms with Crippen LogP contribution in [0.3, 0.4) is 0 Å². The molecule has 0 aromatic heterocycles. The van der Waals surface area contributed by atoms with E-state index in [0.717, 1.165) is 18.4 Å². The molecule has 2 unspecified atom stereocenters. The lowest BCUT2D eigenvalue weighted by Gasteiger charge is -2.13. The Morgan fingerprint density at radius 2 is 2.00 bits per heavy atom. The molecule has 0 radical (unpaired) electrons. The molecule has 0 aromatic carbocycles. The Bertz CT molecular complexity index is 110. The van der Waals surface area contributed by atoms with Crippen molar-refractivity contribution in [1.82, 2.24) is 5.32 Å². The molecule has 1 nitrogen and oxygen atoms in total. The summed E-state index contributed by atoms with van der Waals surface area (Å²) in [6.07, 6.45) is 7.28. The van der Waals surface area contributed by atoms with E-state index in [0.29, 0.717) is 0 Å². The highest BCUT2D eigenvalue weighted by atomic mass is 14.8. The van der Waals surface area contributed by atoms with Crippen molar-refractivity contribution in [2.45, 2.75) is 46.0 Å². The third kappa shape index (κ3) is 3.57. The summed E-state index contributed by atoms with van der Waals surface area (Å²) in [6, 6.07) is 0. The molecule has 1 N–H and O–H groups in total. The molecule has 0 spiro atoms. The highest BCUT2D eigenvalue weighted by Gasteiger charge is 2.15. The van der Waals surface area contributed by atoms with E-state index in [1.807, 2.05) is 0 Å². The molecule has 1 aliphatic rings. The van der Waals surface area contributed by atoms with Crippen molar-refractivity contribution in [2.75, 3.05) is 13.1 Å². The minimum Gasteiger partial charge on any atom is -0.317 e. The summed E-state index contributed by atoms with van der Waals surface area (Å²) in [7, 11) is 0. The molecule has 0 heterocycles. The molecular weight excluding hydrogens is 146 g/mol. The van der Waals surface area contributed by atoms with Gasteiger partial charge in [-0.15, -0.1) is 0 Å². The molecule has 0 bridgehead atoms. The van der Waals surface area contributed by atoms with Gasteiger partial charge < -0.3 is 5.32 Å². The van der Waals surface area contributed by atoms with Crippen LogP contribution < -0.4 is 5.32 Å². The lowest BCUT2D eigenvalue weighted by atomic mass is 9.99. The summed E-state index contributed by atoms with van der Waals surface area (Å²) in [4.78, 5) is 0. The SMILES string of the molecule is CCNCC1CCCC(C)CC1. The van der Waals surface area contributed by atoms with Crippen molar-refractivity contribution in [1.29, 1.82) is 0 Å². The van der Waals surface area contributed by atoms with Crippen LogP contribution in [0.1, 0.15) is 46.0 Å². The van der Waals surface area contributed by atoms with Gasteiger partial charge in [0, 0.05) is 0 Å². The van der Waals surface area contributed by atoms with Crippen LogP contribution in [0.5, 0.6) is 0 Å². The van der Waals surface area contributed by atoms with Crippen LogP contribution >= 0.6 is 0 Å². The van der Waals surface area contributed by atoms with Crippen molar-refractivity contribution < 1.29 is 0 Å². The molecule has 12 heavy (non-hydrogen) atoms. The van der Waals surface area contributed by atoms with Gasteiger partial charge in [-0.1, -0.05) is 33.1 Å². The highest BCUT2D eigenvalue weighted by Crippen LogP contribution is 2.26. The molecule has 1 saturated carbocycles. The van der Waals surface area contributed by atoms with Gasteiger partial charge in [0.1, 0.15) is 0 Å². The predicted molar refractivity (Wildman–Crippen MR) is 54.3 cm³/mol. The zero-order chi connectivity index (χ0) is 8.81. The maximum absolute atomic E-state index is 3.46. The average Bonchev–Trinajstić information content (AvgIpc) is 2.27. The summed E-state index contributed by atoms with van der Waals surface area (Å²) in [6.45, 7) is 6.98. The van der Waals surface area contributed by atoms with Crippen molar-refractivity contribution in [3.05, 3.63) is 0 Å². The molecule has 2 atom stereocenters. The first-order valence-electron chi connectivity index (χ1n) is 5.53. The van der Waals surface area contributed by atoms with E-state index >= 15 is 0 Å². The Morgan fingerprint density at radius 3 is 2.75 bits per heavy atom. The molecule has 1 rings (SSSR count). The minimum absolute atomic E-state index is 0.967. The first-order valence-corrected chi connectivity index (χ1v) is 5.53. The number of rotatable bonds is 3. The van der Waals surface area contributed by atoms with E-state index in [2.05, 4.69) is 19.2 Å². The molecule has 0 aromatic rings. The molecular formula is C11H23N. The van der Waals surface area contributed by atoms with E-state index < -0.39 is 0 Å². The fourth-order valence-electron chi connectivity index (χ4n) is 2.12. The van der Waals surface area contributed by atoms with Crippen LogP contribution in [0.4, 0.5) is 0 Å². The summed E-state index contributed by atoms with van der Waals surface area (Å²) in [5.41, 5.74) is 0. The topological polar surface area (TPSA) is 12.0 Å². The number of nitrogens with one attached hydrogen (secondary N) is 1. The fraction of sp³-hybridized carbons (Fsp3) is 1.00. The van der Waals surface area contributed by atoms with Gasteiger partial charge in [-0.25, -0.2) is 0 Å². The van der Waals surface area contributed by atoms with Crippen LogP contribution in [-0.2, 0) is 0 Å². The predicted octanol–water partition coefficient (Wildman–Crippen LogP) is 2.81. The summed E-state index contributed by atoms with van der Waals surface area (Å²) in [5, 5.41) is 3.46. The first-order chi connectivity index (χ1) is 5.83. The van der Waals surface area contributed by atoms with Crippen LogP contribution in [0.15, 0.2) is 0 Å². The second kappa shape index (κ2) is 5.58. The molecule has 1 aliphatic carbocycles. The normalized spacial score (nSPS) is 31.5. The standard InChI is InChI=1S/C11H23N/c1-3-12-9-11-6-4-5-10(2)7-8-11/h10-12H,3-9H2,1-2H3. The van der Waals surface area contributed by atoms with E-state index in [-0.39, 0.29) is 0 Å². The van der Waals surface area contributed by atoms with E-state index in [4.69, 9.17) is 0 Å². The molecule has 72 valence electrons. The number of hydrogen-bond donors (Lipinski definition) is 1. The van der Waals surface area contributed by atoms with Gasteiger partial charge >= 0.3 is 0 Å². The van der Waals surface area contributed by atoms with Crippen molar-refractivity contribution in [3.8, 4) is 0 Å². The Hall–Kier alpha value is -0.0400. The Kier molecular flexibility index (Phi) is 4.67. The third-order valence-corrected chi connectivity index (χ3v) is 3.06. The Balaban J connectivity index is 2.17. The van der Waals surface area contributed by atoms with Crippen molar-refractivity contribution in [3.63, 3.8) is 0 Å².